The lowest BCUT2D eigenvalue weighted by molar-refractivity contribution is 0.0620. The molecule has 0 atom stereocenters. The number of benzene rings is 1. The van der Waals surface area contributed by atoms with Crippen LogP contribution in [-0.4, -0.2) is 39.5 Å². The van der Waals surface area contributed by atoms with E-state index in [1.165, 1.54) is 11.4 Å². The molecule has 0 unspecified atom stereocenters. The van der Waals surface area contributed by atoms with Gasteiger partial charge in [-0.2, -0.15) is 0 Å². The molecule has 1 fully saturated rings. The van der Waals surface area contributed by atoms with Crippen molar-refractivity contribution < 1.29 is 21.9 Å². The van der Waals surface area contributed by atoms with Gasteiger partial charge in [0, 0.05) is 26.8 Å². The molecular weight excluding hydrogens is 288 g/mol. The molecule has 0 aromatic heterocycles. The van der Waals surface area contributed by atoms with Gasteiger partial charge in [0.25, 0.3) is 0 Å². The quantitative estimate of drug-likeness (QED) is 0.855. The summed E-state index contributed by atoms with van der Waals surface area (Å²) in [4.78, 5) is -0.231. The van der Waals surface area contributed by atoms with Crippen LogP contribution in [0.4, 0.5) is 8.78 Å². The first-order valence-electron chi connectivity index (χ1n) is 6.40. The number of halogens is 2. The molecule has 0 bridgehead atoms. The number of hydrogen-bond acceptors (Lipinski definition) is 3. The SMILES string of the molecule is CN(CC1CCOCC1)S(=O)(=O)c1ccc(F)c(F)c1. The van der Waals surface area contributed by atoms with Gasteiger partial charge >= 0.3 is 0 Å². The van der Waals surface area contributed by atoms with Crippen LogP contribution in [0.15, 0.2) is 23.1 Å². The van der Waals surface area contributed by atoms with Crippen molar-refractivity contribution >= 4 is 10.0 Å². The second kappa shape index (κ2) is 6.15. The van der Waals surface area contributed by atoms with Gasteiger partial charge in [0.1, 0.15) is 0 Å². The molecule has 1 aliphatic heterocycles. The summed E-state index contributed by atoms with van der Waals surface area (Å²) in [6, 6.07) is 2.61. The summed E-state index contributed by atoms with van der Waals surface area (Å²) in [6.45, 7) is 1.61. The van der Waals surface area contributed by atoms with Crippen molar-refractivity contribution in [1.82, 2.24) is 4.31 Å². The zero-order chi connectivity index (χ0) is 14.8. The average molecular weight is 305 g/mol. The Bertz CT molecular complexity index is 571. The zero-order valence-corrected chi connectivity index (χ0v) is 12.0. The van der Waals surface area contributed by atoms with Gasteiger partial charge in [0.15, 0.2) is 11.6 Å². The molecule has 1 aromatic carbocycles. The van der Waals surface area contributed by atoms with Crippen molar-refractivity contribution in [3.05, 3.63) is 29.8 Å². The van der Waals surface area contributed by atoms with Crippen LogP contribution >= 0.6 is 0 Å². The first kappa shape index (κ1) is 15.3. The Morgan fingerprint density at radius 2 is 1.90 bits per heavy atom. The van der Waals surface area contributed by atoms with E-state index in [1.54, 1.807) is 0 Å². The summed E-state index contributed by atoms with van der Waals surface area (Å²) in [5, 5.41) is 0. The predicted octanol–water partition coefficient (Wildman–Crippen LogP) is 2.01. The summed E-state index contributed by atoms with van der Waals surface area (Å²) < 4.78 is 57.0. The Morgan fingerprint density at radius 3 is 2.50 bits per heavy atom. The number of hydrogen-bond donors (Lipinski definition) is 0. The topological polar surface area (TPSA) is 46.6 Å². The predicted molar refractivity (Wildman–Crippen MR) is 69.7 cm³/mol. The van der Waals surface area contributed by atoms with E-state index in [9.17, 15) is 17.2 Å². The molecule has 4 nitrogen and oxygen atoms in total. The van der Waals surface area contributed by atoms with Crippen LogP contribution in [0.5, 0.6) is 0 Å². The summed E-state index contributed by atoms with van der Waals surface area (Å²) in [5.41, 5.74) is 0. The highest BCUT2D eigenvalue weighted by atomic mass is 32.2. The molecule has 1 heterocycles. The van der Waals surface area contributed by atoms with Gasteiger partial charge in [-0.25, -0.2) is 21.5 Å². The normalized spacial score (nSPS) is 17.6. The Labute approximate surface area is 117 Å². The average Bonchev–Trinajstić information content (AvgIpc) is 2.42. The van der Waals surface area contributed by atoms with E-state index in [1.807, 2.05) is 0 Å². The molecule has 2 rings (SSSR count). The molecule has 0 radical (unpaired) electrons. The lowest BCUT2D eigenvalue weighted by Gasteiger charge is -2.26. The van der Waals surface area contributed by atoms with E-state index in [0.717, 1.165) is 25.0 Å². The Balaban J connectivity index is 2.13. The van der Waals surface area contributed by atoms with Crippen molar-refractivity contribution in [2.75, 3.05) is 26.8 Å². The highest BCUT2D eigenvalue weighted by Crippen LogP contribution is 2.21. The van der Waals surface area contributed by atoms with E-state index in [4.69, 9.17) is 4.74 Å². The standard InChI is InChI=1S/C13H17F2NO3S/c1-16(9-10-4-6-19-7-5-10)20(17,18)11-2-3-12(14)13(15)8-11/h2-3,8,10H,4-7,9H2,1H3. The molecular formula is C13H17F2NO3S. The Hall–Kier alpha value is -1.05. The van der Waals surface area contributed by atoms with Gasteiger partial charge in [-0.05, 0) is 37.0 Å². The summed E-state index contributed by atoms with van der Waals surface area (Å²) >= 11 is 0. The maximum atomic E-state index is 13.2. The lowest BCUT2D eigenvalue weighted by atomic mass is 10.0. The molecule has 1 saturated heterocycles. The van der Waals surface area contributed by atoms with E-state index >= 15 is 0 Å². The van der Waals surface area contributed by atoms with Gasteiger partial charge < -0.3 is 4.74 Å². The summed E-state index contributed by atoms with van der Waals surface area (Å²) in [6.07, 6.45) is 1.61. The van der Waals surface area contributed by atoms with Gasteiger partial charge in [0.2, 0.25) is 10.0 Å². The van der Waals surface area contributed by atoms with Crippen LogP contribution < -0.4 is 0 Å². The first-order chi connectivity index (χ1) is 9.41. The van der Waals surface area contributed by atoms with Gasteiger partial charge in [0.05, 0.1) is 4.90 Å². The number of rotatable bonds is 4. The highest BCUT2D eigenvalue weighted by Gasteiger charge is 2.25. The van der Waals surface area contributed by atoms with E-state index in [0.29, 0.717) is 25.8 Å². The molecule has 20 heavy (non-hydrogen) atoms. The third-order valence-electron chi connectivity index (χ3n) is 3.46. The van der Waals surface area contributed by atoms with Crippen molar-refractivity contribution in [2.45, 2.75) is 17.7 Å². The minimum Gasteiger partial charge on any atom is -0.381 e. The second-order valence-electron chi connectivity index (χ2n) is 4.92. The van der Waals surface area contributed by atoms with Gasteiger partial charge in [-0.15, -0.1) is 0 Å². The third kappa shape index (κ3) is 3.34. The van der Waals surface area contributed by atoms with E-state index in [-0.39, 0.29) is 10.8 Å². The number of nitrogens with zero attached hydrogens (tertiary/aromatic N) is 1. The lowest BCUT2D eigenvalue weighted by Crippen LogP contribution is -2.34. The van der Waals surface area contributed by atoms with Crippen LogP contribution in [0.25, 0.3) is 0 Å². The Kier molecular flexibility index (Phi) is 4.72. The maximum absolute atomic E-state index is 13.2. The van der Waals surface area contributed by atoms with E-state index < -0.39 is 21.7 Å². The van der Waals surface area contributed by atoms with Crippen LogP contribution in [0, 0.1) is 17.6 Å². The molecule has 112 valence electrons. The van der Waals surface area contributed by atoms with Crippen molar-refractivity contribution in [1.29, 1.82) is 0 Å². The van der Waals surface area contributed by atoms with Gasteiger partial charge in [-0.3, -0.25) is 0 Å². The number of sulfonamides is 1. The van der Waals surface area contributed by atoms with Crippen molar-refractivity contribution in [3.8, 4) is 0 Å². The smallest absolute Gasteiger partial charge is 0.242 e. The molecule has 1 aromatic rings. The fraction of sp³-hybridized carbons (Fsp3) is 0.538. The molecule has 0 spiro atoms. The molecule has 1 aliphatic rings. The number of ether oxygens (including phenoxy) is 1. The summed E-state index contributed by atoms with van der Waals surface area (Å²) in [7, 11) is -2.34. The molecule has 7 heteroatoms. The van der Waals surface area contributed by atoms with Gasteiger partial charge in [-0.1, -0.05) is 0 Å². The van der Waals surface area contributed by atoms with Crippen LogP contribution in [0.1, 0.15) is 12.8 Å². The van der Waals surface area contributed by atoms with Crippen LogP contribution in [-0.2, 0) is 14.8 Å². The highest BCUT2D eigenvalue weighted by molar-refractivity contribution is 7.89. The van der Waals surface area contributed by atoms with Crippen LogP contribution in [0.3, 0.4) is 0 Å². The maximum Gasteiger partial charge on any atom is 0.242 e. The molecule has 0 amide bonds. The first-order valence-corrected chi connectivity index (χ1v) is 7.84. The molecule has 0 aliphatic carbocycles. The van der Waals surface area contributed by atoms with Crippen LogP contribution in [0.2, 0.25) is 0 Å². The zero-order valence-electron chi connectivity index (χ0n) is 11.2. The minimum absolute atomic E-state index is 0.230. The monoisotopic (exact) mass is 305 g/mol. The molecule has 0 saturated carbocycles. The molecule has 0 N–H and O–H groups in total. The largest absolute Gasteiger partial charge is 0.381 e. The Morgan fingerprint density at radius 1 is 1.25 bits per heavy atom. The van der Waals surface area contributed by atoms with E-state index in [2.05, 4.69) is 0 Å². The second-order valence-corrected chi connectivity index (χ2v) is 6.96. The minimum atomic E-state index is -3.79. The summed E-state index contributed by atoms with van der Waals surface area (Å²) in [5.74, 6) is -1.99. The van der Waals surface area contributed by atoms with Crippen molar-refractivity contribution in [3.63, 3.8) is 0 Å². The fourth-order valence-corrected chi connectivity index (χ4v) is 3.47. The third-order valence-corrected chi connectivity index (χ3v) is 5.27. The fourth-order valence-electron chi connectivity index (χ4n) is 2.21. The van der Waals surface area contributed by atoms with Crippen molar-refractivity contribution in [2.24, 2.45) is 5.92 Å².